The first-order chi connectivity index (χ1) is 8.08. The van der Waals surface area contributed by atoms with Crippen LogP contribution < -0.4 is 5.32 Å². The van der Waals surface area contributed by atoms with Gasteiger partial charge in [0.2, 0.25) is 0 Å². The van der Waals surface area contributed by atoms with Gasteiger partial charge >= 0.3 is 0 Å². The summed E-state index contributed by atoms with van der Waals surface area (Å²) in [7, 11) is 0. The molecule has 0 aliphatic heterocycles. The van der Waals surface area contributed by atoms with Crippen LogP contribution in [0.3, 0.4) is 0 Å². The van der Waals surface area contributed by atoms with Gasteiger partial charge < -0.3 is 5.32 Å². The molecule has 0 radical (unpaired) electrons. The summed E-state index contributed by atoms with van der Waals surface area (Å²) in [5.74, 6) is -0.250. The van der Waals surface area contributed by atoms with Gasteiger partial charge in [0.1, 0.15) is 0 Å². The molecular formula is C12H12ClN3O. The van der Waals surface area contributed by atoms with Crippen molar-refractivity contribution in [1.82, 2.24) is 10.2 Å². The molecular weight excluding hydrogens is 238 g/mol. The molecule has 0 aliphatic rings. The van der Waals surface area contributed by atoms with Crippen molar-refractivity contribution in [3.05, 3.63) is 46.2 Å². The number of anilines is 1. The third-order valence-electron chi connectivity index (χ3n) is 2.45. The molecule has 0 unspecified atom stereocenters. The van der Waals surface area contributed by atoms with Crippen molar-refractivity contribution in [2.45, 2.75) is 13.8 Å². The number of aryl methyl sites for hydroxylation is 1. The van der Waals surface area contributed by atoms with Crippen molar-refractivity contribution in [1.29, 1.82) is 0 Å². The molecule has 0 saturated carbocycles. The minimum Gasteiger partial charge on any atom is -0.320 e. The highest BCUT2D eigenvalue weighted by Crippen LogP contribution is 2.23. The molecule has 4 nitrogen and oxygen atoms in total. The van der Waals surface area contributed by atoms with E-state index in [-0.39, 0.29) is 5.91 Å². The zero-order valence-electron chi connectivity index (χ0n) is 9.54. The van der Waals surface area contributed by atoms with Gasteiger partial charge in [-0.05, 0) is 37.6 Å². The number of nitrogens with one attached hydrogen (secondary N) is 2. The van der Waals surface area contributed by atoms with Crippen LogP contribution in [0.15, 0.2) is 24.3 Å². The van der Waals surface area contributed by atoms with Gasteiger partial charge in [-0.1, -0.05) is 17.7 Å². The molecule has 0 bridgehead atoms. The molecule has 0 atom stereocenters. The van der Waals surface area contributed by atoms with E-state index in [9.17, 15) is 4.79 Å². The number of rotatable bonds is 2. The lowest BCUT2D eigenvalue weighted by atomic mass is 10.2. The molecule has 1 aromatic heterocycles. The highest BCUT2D eigenvalue weighted by atomic mass is 35.5. The predicted molar refractivity (Wildman–Crippen MR) is 67.5 cm³/mol. The first-order valence-electron chi connectivity index (χ1n) is 5.16. The van der Waals surface area contributed by atoms with E-state index >= 15 is 0 Å². The molecule has 1 aromatic carbocycles. The first kappa shape index (κ1) is 11.7. The fourth-order valence-electron chi connectivity index (χ4n) is 1.46. The summed E-state index contributed by atoms with van der Waals surface area (Å²) in [4.78, 5) is 11.9. The molecule has 2 rings (SSSR count). The fourth-order valence-corrected chi connectivity index (χ4v) is 1.64. The summed E-state index contributed by atoms with van der Waals surface area (Å²) in [5, 5.41) is 10.0. The molecule has 5 heteroatoms. The number of aromatic nitrogens is 2. The Labute approximate surface area is 104 Å². The molecule has 88 valence electrons. The minimum absolute atomic E-state index is 0.250. The van der Waals surface area contributed by atoms with Crippen LogP contribution in [0.2, 0.25) is 5.02 Å². The van der Waals surface area contributed by atoms with Gasteiger partial charge in [0.15, 0.2) is 5.69 Å². The smallest absolute Gasteiger partial charge is 0.276 e. The SMILES string of the molecule is Cc1cc(C(=O)Nc2cccc(Cl)c2C)n[nH]1. The Balaban J connectivity index is 2.21. The number of nitrogens with zero attached hydrogens (tertiary/aromatic N) is 1. The van der Waals surface area contributed by atoms with E-state index in [0.717, 1.165) is 11.3 Å². The number of carbonyl (C=O) groups excluding carboxylic acids is 1. The lowest BCUT2D eigenvalue weighted by molar-refractivity contribution is 0.102. The standard InChI is InChI=1S/C12H12ClN3O/c1-7-6-11(16-15-7)12(17)14-10-5-3-4-9(13)8(10)2/h3-6H,1-2H3,(H,14,17)(H,15,16). The topological polar surface area (TPSA) is 57.8 Å². The van der Waals surface area contributed by atoms with Crippen LogP contribution in [0.5, 0.6) is 0 Å². The van der Waals surface area contributed by atoms with E-state index in [2.05, 4.69) is 15.5 Å². The summed E-state index contributed by atoms with van der Waals surface area (Å²) in [5.41, 5.74) is 2.75. The number of aromatic amines is 1. The number of H-pyrrole nitrogens is 1. The maximum Gasteiger partial charge on any atom is 0.276 e. The highest BCUT2D eigenvalue weighted by Gasteiger charge is 2.11. The van der Waals surface area contributed by atoms with Crippen LogP contribution in [0.25, 0.3) is 0 Å². The third kappa shape index (κ3) is 2.47. The molecule has 1 heterocycles. The Bertz CT molecular complexity index is 563. The second kappa shape index (κ2) is 4.59. The van der Waals surface area contributed by atoms with Crippen molar-refractivity contribution >= 4 is 23.2 Å². The van der Waals surface area contributed by atoms with E-state index < -0.39 is 0 Å². The summed E-state index contributed by atoms with van der Waals surface area (Å²) in [6, 6.07) is 7.07. The van der Waals surface area contributed by atoms with Gasteiger partial charge in [0.25, 0.3) is 5.91 Å². The van der Waals surface area contributed by atoms with Crippen molar-refractivity contribution in [3.63, 3.8) is 0 Å². The Hall–Kier alpha value is -1.81. The number of hydrogen-bond donors (Lipinski definition) is 2. The van der Waals surface area contributed by atoms with E-state index in [1.807, 2.05) is 13.8 Å². The van der Waals surface area contributed by atoms with Crippen molar-refractivity contribution < 1.29 is 4.79 Å². The average molecular weight is 250 g/mol. The number of halogens is 1. The first-order valence-corrected chi connectivity index (χ1v) is 5.54. The Morgan fingerprint density at radius 2 is 2.18 bits per heavy atom. The van der Waals surface area contributed by atoms with Crippen molar-refractivity contribution in [3.8, 4) is 0 Å². The van der Waals surface area contributed by atoms with Crippen LogP contribution in [0.1, 0.15) is 21.7 Å². The van der Waals surface area contributed by atoms with Gasteiger partial charge in [0.05, 0.1) is 0 Å². The van der Waals surface area contributed by atoms with Crippen LogP contribution in [-0.2, 0) is 0 Å². The van der Waals surface area contributed by atoms with Crippen molar-refractivity contribution in [2.75, 3.05) is 5.32 Å². The fraction of sp³-hybridized carbons (Fsp3) is 0.167. The van der Waals surface area contributed by atoms with Crippen LogP contribution in [0.4, 0.5) is 5.69 Å². The second-order valence-electron chi connectivity index (χ2n) is 3.80. The highest BCUT2D eigenvalue weighted by molar-refractivity contribution is 6.31. The maximum absolute atomic E-state index is 11.9. The number of amides is 1. The molecule has 0 fully saturated rings. The van der Waals surface area contributed by atoms with Gasteiger partial charge in [-0.15, -0.1) is 0 Å². The number of benzene rings is 1. The Morgan fingerprint density at radius 1 is 1.41 bits per heavy atom. The van der Waals surface area contributed by atoms with E-state index in [0.29, 0.717) is 16.4 Å². The lowest BCUT2D eigenvalue weighted by Gasteiger charge is -2.07. The van der Waals surface area contributed by atoms with Gasteiger partial charge in [-0.2, -0.15) is 5.10 Å². The lowest BCUT2D eigenvalue weighted by Crippen LogP contribution is -2.13. The summed E-state index contributed by atoms with van der Waals surface area (Å²) in [6.07, 6.45) is 0. The zero-order valence-corrected chi connectivity index (χ0v) is 10.3. The summed E-state index contributed by atoms with van der Waals surface area (Å²) < 4.78 is 0. The minimum atomic E-state index is -0.250. The van der Waals surface area contributed by atoms with Crippen LogP contribution in [-0.4, -0.2) is 16.1 Å². The van der Waals surface area contributed by atoms with Crippen LogP contribution in [0, 0.1) is 13.8 Å². The monoisotopic (exact) mass is 249 g/mol. The maximum atomic E-state index is 11.9. The molecule has 2 N–H and O–H groups in total. The predicted octanol–water partition coefficient (Wildman–Crippen LogP) is 2.93. The average Bonchev–Trinajstić information content (AvgIpc) is 2.72. The zero-order chi connectivity index (χ0) is 12.4. The quantitative estimate of drug-likeness (QED) is 0.860. The van der Waals surface area contributed by atoms with Crippen LogP contribution >= 0.6 is 11.6 Å². The number of hydrogen-bond acceptors (Lipinski definition) is 2. The second-order valence-corrected chi connectivity index (χ2v) is 4.21. The molecule has 1 amide bonds. The summed E-state index contributed by atoms with van der Waals surface area (Å²) >= 11 is 5.97. The van der Waals surface area contributed by atoms with Gasteiger partial charge in [0, 0.05) is 16.4 Å². The van der Waals surface area contributed by atoms with Gasteiger partial charge in [-0.3, -0.25) is 9.89 Å². The molecule has 0 aliphatic carbocycles. The Morgan fingerprint density at radius 3 is 2.82 bits per heavy atom. The third-order valence-corrected chi connectivity index (χ3v) is 2.86. The largest absolute Gasteiger partial charge is 0.320 e. The van der Waals surface area contributed by atoms with E-state index in [1.165, 1.54) is 0 Å². The van der Waals surface area contributed by atoms with Crippen molar-refractivity contribution in [2.24, 2.45) is 0 Å². The normalized spacial score (nSPS) is 10.3. The summed E-state index contributed by atoms with van der Waals surface area (Å²) in [6.45, 7) is 3.70. The van der Waals surface area contributed by atoms with E-state index in [4.69, 9.17) is 11.6 Å². The Kier molecular flexibility index (Phi) is 3.15. The van der Waals surface area contributed by atoms with E-state index in [1.54, 1.807) is 24.3 Å². The number of carbonyl (C=O) groups is 1. The molecule has 0 spiro atoms. The molecule has 2 aromatic rings. The molecule has 0 saturated heterocycles. The molecule has 17 heavy (non-hydrogen) atoms. The van der Waals surface area contributed by atoms with Gasteiger partial charge in [-0.25, -0.2) is 0 Å².